The van der Waals surface area contributed by atoms with E-state index >= 15 is 0 Å². The summed E-state index contributed by atoms with van der Waals surface area (Å²) in [5, 5.41) is 5.91. The molecular weight excluding hydrogens is 296 g/mol. The lowest BCUT2D eigenvalue weighted by Crippen LogP contribution is -2.28. The molecule has 1 aliphatic heterocycles. The minimum Gasteiger partial charge on any atom is -0.454 e. The fourth-order valence-electron chi connectivity index (χ4n) is 2.02. The first-order valence-corrected chi connectivity index (χ1v) is 7.39. The molecule has 2 aromatic rings. The Morgan fingerprint density at radius 1 is 1.22 bits per heavy atom. The van der Waals surface area contributed by atoms with Crippen LogP contribution in [-0.4, -0.2) is 29.2 Å². The van der Waals surface area contributed by atoms with Gasteiger partial charge >= 0.3 is 0 Å². The third kappa shape index (κ3) is 3.68. The number of carbonyl (C=O) groups excluding carboxylic acids is 1. The molecule has 0 saturated carbocycles. The largest absolute Gasteiger partial charge is 0.454 e. The number of ether oxygens (including phenoxy) is 2. The van der Waals surface area contributed by atoms with Gasteiger partial charge in [0.15, 0.2) is 11.5 Å². The molecule has 1 aliphatic rings. The van der Waals surface area contributed by atoms with Crippen molar-refractivity contribution in [1.29, 1.82) is 0 Å². The van der Waals surface area contributed by atoms with Gasteiger partial charge in [-0.05, 0) is 18.1 Å². The molecule has 0 saturated heterocycles. The Bertz CT molecular complexity index is 701. The van der Waals surface area contributed by atoms with Crippen molar-refractivity contribution in [2.75, 3.05) is 18.7 Å². The van der Waals surface area contributed by atoms with Crippen molar-refractivity contribution < 1.29 is 14.3 Å². The minimum atomic E-state index is -0.221. The third-order valence-electron chi connectivity index (χ3n) is 3.20. The third-order valence-corrected chi connectivity index (χ3v) is 3.20. The number of rotatable bonds is 5. The zero-order chi connectivity index (χ0) is 16.2. The van der Waals surface area contributed by atoms with E-state index in [-0.39, 0.29) is 12.7 Å². The van der Waals surface area contributed by atoms with Gasteiger partial charge in [-0.1, -0.05) is 13.8 Å². The standard InChI is InChI=1S/C16H18N4O3/c1-10(2)6-19-16(21)12-7-18-15(8-17-12)20-11-3-4-13-14(5-11)23-9-22-13/h3-5,7-8,10H,6,9H2,1-2H3,(H,18,20)(H,19,21). The summed E-state index contributed by atoms with van der Waals surface area (Å²) in [7, 11) is 0. The zero-order valence-corrected chi connectivity index (χ0v) is 13.0. The second kappa shape index (κ2) is 6.51. The number of nitrogens with one attached hydrogen (secondary N) is 2. The van der Waals surface area contributed by atoms with Crippen LogP contribution in [0.15, 0.2) is 30.6 Å². The number of nitrogens with zero attached hydrogens (tertiary/aromatic N) is 2. The Kier molecular flexibility index (Phi) is 4.27. The van der Waals surface area contributed by atoms with E-state index in [4.69, 9.17) is 9.47 Å². The Hall–Kier alpha value is -2.83. The average molecular weight is 314 g/mol. The van der Waals surface area contributed by atoms with E-state index in [2.05, 4.69) is 20.6 Å². The van der Waals surface area contributed by atoms with Crippen molar-refractivity contribution in [3.05, 3.63) is 36.3 Å². The fraction of sp³-hybridized carbons (Fsp3) is 0.312. The first kappa shape index (κ1) is 15.1. The van der Waals surface area contributed by atoms with Crippen LogP contribution < -0.4 is 20.1 Å². The lowest BCUT2D eigenvalue weighted by Gasteiger charge is -2.08. The van der Waals surface area contributed by atoms with Crippen LogP contribution in [0.3, 0.4) is 0 Å². The van der Waals surface area contributed by atoms with Gasteiger partial charge in [-0.2, -0.15) is 0 Å². The first-order valence-electron chi connectivity index (χ1n) is 7.39. The predicted molar refractivity (Wildman–Crippen MR) is 85.1 cm³/mol. The monoisotopic (exact) mass is 314 g/mol. The van der Waals surface area contributed by atoms with Crippen LogP contribution in [0.2, 0.25) is 0 Å². The molecule has 23 heavy (non-hydrogen) atoms. The molecular formula is C16H18N4O3. The van der Waals surface area contributed by atoms with Crippen LogP contribution in [-0.2, 0) is 0 Å². The second-order valence-corrected chi connectivity index (χ2v) is 5.58. The van der Waals surface area contributed by atoms with Gasteiger partial charge in [0.25, 0.3) is 5.91 Å². The summed E-state index contributed by atoms with van der Waals surface area (Å²) >= 11 is 0. The fourth-order valence-corrected chi connectivity index (χ4v) is 2.02. The van der Waals surface area contributed by atoms with Crippen molar-refractivity contribution in [2.45, 2.75) is 13.8 Å². The molecule has 1 amide bonds. The number of benzene rings is 1. The van der Waals surface area contributed by atoms with E-state index in [1.807, 2.05) is 32.0 Å². The number of hydrogen-bond donors (Lipinski definition) is 2. The Morgan fingerprint density at radius 2 is 2.04 bits per heavy atom. The lowest BCUT2D eigenvalue weighted by molar-refractivity contribution is 0.0943. The van der Waals surface area contributed by atoms with E-state index in [0.29, 0.717) is 29.7 Å². The highest BCUT2D eigenvalue weighted by molar-refractivity contribution is 5.92. The number of amides is 1. The molecule has 0 atom stereocenters. The maximum atomic E-state index is 11.9. The minimum absolute atomic E-state index is 0.221. The van der Waals surface area contributed by atoms with E-state index in [1.54, 1.807) is 0 Å². The molecule has 0 fully saturated rings. The second-order valence-electron chi connectivity index (χ2n) is 5.58. The molecule has 0 radical (unpaired) electrons. The molecule has 1 aromatic carbocycles. The molecule has 7 heteroatoms. The molecule has 0 spiro atoms. The predicted octanol–water partition coefficient (Wildman–Crippen LogP) is 2.33. The van der Waals surface area contributed by atoms with E-state index in [1.165, 1.54) is 12.4 Å². The van der Waals surface area contributed by atoms with Gasteiger partial charge in [-0.25, -0.2) is 9.97 Å². The van der Waals surface area contributed by atoms with Crippen LogP contribution in [0, 0.1) is 5.92 Å². The molecule has 120 valence electrons. The lowest BCUT2D eigenvalue weighted by atomic mass is 10.2. The summed E-state index contributed by atoms with van der Waals surface area (Å²) in [5.74, 6) is 2.12. The molecule has 2 heterocycles. The quantitative estimate of drug-likeness (QED) is 0.881. The van der Waals surface area contributed by atoms with Gasteiger partial charge in [0.2, 0.25) is 6.79 Å². The normalized spacial score (nSPS) is 12.3. The summed E-state index contributed by atoms with van der Waals surface area (Å²) < 4.78 is 10.6. The van der Waals surface area contributed by atoms with Crippen molar-refractivity contribution in [1.82, 2.24) is 15.3 Å². The summed E-state index contributed by atoms with van der Waals surface area (Å²) in [4.78, 5) is 20.2. The molecule has 0 unspecified atom stereocenters. The molecule has 7 nitrogen and oxygen atoms in total. The topological polar surface area (TPSA) is 85.4 Å². The molecule has 2 N–H and O–H groups in total. The van der Waals surface area contributed by atoms with Crippen LogP contribution in [0.4, 0.5) is 11.5 Å². The van der Waals surface area contributed by atoms with Crippen molar-refractivity contribution >= 4 is 17.4 Å². The first-order chi connectivity index (χ1) is 11.1. The number of carbonyl (C=O) groups is 1. The van der Waals surface area contributed by atoms with Crippen molar-refractivity contribution in [2.24, 2.45) is 5.92 Å². The van der Waals surface area contributed by atoms with Crippen LogP contribution in [0.1, 0.15) is 24.3 Å². The highest BCUT2D eigenvalue weighted by Gasteiger charge is 2.13. The Morgan fingerprint density at radius 3 is 2.78 bits per heavy atom. The SMILES string of the molecule is CC(C)CNC(=O)c1cnc(Nc2ccc3c(c2)OCO3)cn1. The van der Waals surface area contributed by atoms with Crippen LogP contribution in [0.5, 0.6) is 11.5 Å². The van der Waals surface area contributed by atoms with E-state index in [9.17, 15) is 4.79 Å². The average Bonchev–Trinajstić information content (AvgIpc) is 3.01. The number of aromatic nitrogens is 2. The highest BCUT2D eigenvalue weighted by atomic mass is 16.7. The van der Waals surface area contributed by atoms with E-state index in [0.717, 1.165) is 11.4 Å². The molecule has 1 aromatic heterocycles. The van der Waals surface area contributed by atoms with Gasteiger partial charge in [0, 0.05) is 18.3 Å². The zero-order valence-electron chi connectivity index (χ0n) is 13.0. The molecule has 0 bridgehead atoms. The van der Waals surface area contributed by atoms with Gasteiger partial charge in [-0.3, -0.25) is 4.79 Å². The molecule has 3 rings (SSSR count). The Labute approximate surface area is 134 Å². The van der Waals surface area contributed by atoms with Gasteiger partial charge < -0.3 is 20.1 Å². The smallest absolute Gasteiger partial charge is 0.271 e. The van der Waals surface area contributed by atoms with Crippen molar-refractivity contribution in [3.8, 4) is 11.5 Å². The summed E-state index contributed by atoms with van der Waals surface area (Å²) in [5.41, 5.74) is 1.10. The summed E-state index contributed by atoms with van der Waals surface area (Å²) in [6.07, 6.45) is 2.97. The van der Waals surface area contributed by atoms with Gasteiger partial charge in [0.05, 0.1) is 12.4 Å². The van der Waals surface area contributed by atoms with E-state index < -0.39 is 0 Å². The molecule has 0 aliphatic carbocycles. The maximum absolute atomic E-state index is 11.9. The Balaban J connectivity index is 1.64. The summed E-state index contributed by atoms with van der Waals surface area (Å²) in [6, 6.07) is 5.51. The van der Waals surface area contributed by atoms with Gasteiger partial charge in [-0.15, -0.1) is 0 Å². The number of fused-ring (bicyclic) bond motifs is 1. The number of anilines is 2. The highest BCUT2D eigenvalue weighted by Crippen LogP contribution is 2.34. The van der Waals surface area contributed by atoms with Gasteiger partial charge in [0.1, 0.15) is 11.5 Å². The summed E-state index contributed by atoms with van der Waals surface area (Å²) in [6.45, 7) is 4.91. The maximum Gasteiger partial charge on any atom is 0.271 e. The van der Waals surface area contributed by atoms with Crippen LogP contribution >= 0.6 is 0 Å². The van der Waals surface area contributed by atoms with Crippen LogP contribution in [0.25, 0.3) is 0 Å². The number of hydrogen-bond acceptors (Lipinski definition) is 6. The van der Waals surface area contributed by atoms with Crippen molar-refractivity contribution in [3.63, 3.8) is 0 Å².